The number of nitrogens with one attached hydrogen (secondary N) is 4. The van der Waals surface area contributed by atoms with Crippen LogP contribution in [0.4, 0.5) is 22.7 Å². The van der Waals surface area contributed by atoms with Crippen LogP contribution in [0.25, 0.3) is 22.3 Å². The lowest BCUT2D eigenvalue weighted by Gasteiger charge is -2.13. The molecule has 8 nitrogen and oxygen atoms in total. The van der Waals surface area contributed by atoms with E-state index in [0.29, 0.717) is 0 Å². The molecule has 5 aliphatic rings. The molecule has 0 saturated carbocycles. The first-order valence-corrected chi connectivity index (χ1v) is 18.7. The molecular formula is C48H40N8. The van der Waals surface area contributed by atoms with Crippen LogP contribution in [-0.4, -0.2) is 51.0 Å². The van der Waals surface area contributed by atoms with Gasteiger partial charge in [0, 0.05) is 73.2 Å². The maximum Gasteiger partial charge on any atom is 0.0738 e. The third kappa shape index (κ3) is 6.27. The number of nitrogens with zero attached hydrogens (tertiary/aromatic N) is 4. The lowest BCUT2D eigenvalue weighted by atomic mass is 9.98. The summed E-state index contributed by atoms with van der Waals surface area (Å²) in [6.07, 6.45) is 16.8. The predicted molar refractivity (Wildman–Crippen MR) is 238 cm³/mol. The largest absolute Gasteiger partial charge is 0.388 e. The summed E-state index contributed by atoms with van der Waals surface area (Å²) in [7, 11) is 7.71. The van der Waals surface area contributed by atoms with Gasteiger partial charge in [0.05, 0.1) is 45.6 Å². The first kappa shape index (κ1) is 34.4. The highest BCUT2D eigenvalue weighted by Crippen LogP contribution is 2.39. The Labute approximate surface area is 327 Å². The van der Waals surface area contributed by atoms with Gasteiger partial charge in [-0.15, -0.1) is 0 Å². The summed E-state index contributed by atoms with van der Waals surface area (Å²) in [6, 6.07) is 33.7. The van der Waals surface area contributed by atoms with Crippen LogP contribution in [0, 0.1) is 0 Å². The van der Waals surface area contributed by atoms with Crippen molar-refractivity contribution in [2.24, 2.45) is 20.0 Å². The summed E-state index contributed by atoms with van der Waals surface area (Å²) < 4.78 is 0. The van der Waals surface area contributed by atoms with E-state index in [0.717, 1.165) is 113 Å². The Balaban J connectivity index is 1.34. The molecule has 4 aromatic carbocycles. The van der Waals surface area contributed by atoms with Crippen molar-refractivity contribution in [3.05, 3.63) is 191 Å². The van der Waals surface area contributed by atoms with E-state index in [4.69, 9.17) is 20.0 Å². The molecule has 8 heteroatoms. The van der Waals surface area contributed by atoms with E-state index in [9.17, 15) is 0 Å². The fraction of sp³-hybridized carbons (Fsp3) is 0.0833. The van der Waals surface area contributed by atoms with Crippen molar-refractivity contribution in [2.45, 2.75) is 0 Å². The molecule has 0 atom stereocenters. The average Bonchev–Trinajstić information content (AvgIpc) is 4.10. The third-order valence-electron chi connectivity index (χ3n) is 10.5. The van der Waals surface area contributed by atoms with Gasteiger partial charge in [0.25, 0.3) is 0 Å². The van der Waals surface area contributed by atoms with E-state index < -0.39 is 0 Å². The van der Waals surface area contributed by atoms with Crippen LogP contribution in [0.15, 0.2) is 188 Å². The highest BCUT2D eigenvalue weighted by atomic mass is 14.9. The zero-order valence-electron chi connectivity index (χ0n) is 31.6. The Morgan fingerprint density at radius 3 is 0.643 bits per heavy atom. The van der Waals surface area contributed by atoms with Crippen molar-refractivity contribution >= 4 is 67.9 Å². The van der Waals surface area contributed by atoms with Crippen LogP contribution in [-0.2, 0) is 0 Å². The van der Waals surface area contributed by atoms with E-state index >= 15 is 0 Å². The van der Waals surface area contributed by atoms with Crippen molar-refractivity contribution in [2.75, 3.05) is 49.5 Å². The summed E-state index contributed by atoms with van der Waals surface area (Å²) in [5.74, 6) is 0. The van der Waals surface area contributed by atoms with Gasteiger partial charge in [0.1, 0.15) is 0 Å². The normalized spacial score (nSPS) is 16.8. The smallest absolute Gasteiger partial charge is 0.0738 e. The monoisotopic (exact) mass is 728 g/mol. The van der Waals surface area contributed by atoms with Crippen LogP contribution >= 0.6 is 0 Å². The topological polar surface area (TPSA) is 97.6 Å². The number of allylic oxidation sites excluding steroid dienone is 12. The quantitative estimate of drug-likeness (QED) is 0.145. The van der Waals surface area contributed by atoms with E-state index in [1.54, 1.807) is 0 Å². The Hall–Kier alpha value is -7.32. The van der Waals surface area contributed by atoms with Gasteiger partial charge in [-0.25, -0.2) is 20.0 Å². The lowest BCUT2D eigenvalue weighted by Crippen LogP contribution is -2.04. The predicted octanol–water partition coefficient (Wildman–Crippen LogP) is 9.86. The number of anilines is 4. The zero-order chi connectivity index (χ0) is 38.2. The highest BCUT2D eigenvalue weighted by Gasteiger charge is 2.27. The van der Waals surface area contributed by atoms with Gasteiger partial charge in [0.15, 0.2) is 0 Å². The van der Waals surface area contributed by atoms with E-state index in [1.165, 1.54) is 0 Å². The van der Waals surface area contributed by atoms with Crippen molar-refractivity contribution in [3.63, 3.8) is 0 Å². The molecule has 4 N–H and O–H groups in total. The molecule has 0 amide bonds. The number of benzene rings is 4. The van der Waals surface area contributed by atoms with E-state index in [2.05, 4.69) is 167 Å². The van der Waals surface area contributed by atoms with Gasteiger partial charge in [-0.05, 0) is 119 Å². The van der Waals surface area contributed by atoms with Crippen molar-refractivity contribution in [3.8, 4) is 0 Å². The molecule has 0 fully saturated rings. The summed E-state index contributed by atoms with van der Waals surface area (Å²) in [5, 5.41) is 13.0. The Morgan fingerprint density at radius 2 is 0.464 bits per heavy atom. The molecule has 0 spiro atoms. The molecule has 8 bridgehead atoms. The Kier molecular flexibility index (Phi) is 8.91. The van der Waals surface area contributed by atoms with Gasteiger partial charge in [-0.3, -0.25) is 0 Å². The van der Waals surface area contributed by atoms with Crippen molar-refractivity contribution in [1.29, 1.82) is 0 Å². The summed E-state index contributed by atoms with van der Waals surface area (Å²) in [6.45, 7) is 0. The fourth-order valence-electron chi connectivity index (χ4n) is 7.48. The number of fused-ring (bicyclic) bond motifs is 4. The molecule has 56 heavy (non-hydrogen) atoms. The van der Waals surface area contributed by atoms with E-state index in [-0.39, 0.29) is 0 Å². The maximum absolute atomic E-state index is 5.39. The Bertz CT molecular complexity index is 2280. The molecule has 0 radical (unpaired) electrons. The molecule has 9 rings (SSSR count). The molecular weight excluding hydrogens is 689 g/mol. The number of hydrogen-bond acceptors (Lipinski definition) is 8. The third-order valence-corrected chi connectivity index (χ3v) is 10.5. The van der Waals surface area contributed by atoms with Gasteiger partial charge >= 0.3 is 0 Å². The van der Waals surface area contributed by atoms with Gasteiger partial charge in [0.2, 0.25) is 0 Å². The van der Waals surface area contributed by atoms with Gasteiger partial charge in [-0.1, -0.05) is 48.5 Å². The van der Waals surface area contributed by atoms with Gasteiger partial charge in [-0.2, -0.15) is 0 Å². The van der Waals surface area contributed by atoms with Crippen LogP contribution in [0.1, 0.15) is 22.3 Å². The minimum absolute atomic E-state index is 0.829. The first-order chi connectivity index (χ1) is 27.5. The molecule has 0 saturated heterocycles. The molecule has 272 valence electrons. The van der Waals surface area contributed by atoms with Crippen molar-refractivity contribution < 1.29 is 0 Å². The second kappa shape index (κ2) is 14.5. The Morgan fingerprint density at radius 1 is 0.268 bits per heavy atom. The lowest BCUT2D eigenvalue weighted by molar-refractivity contribution is 1.40. The molecule has 5 heterocycles. The van der Waals surface area contributed by atoms with Gasteiger partial charge < -0.3 is 21.3 Å². The highest BCUT2D eigenvalue weighted by molar-refractivity contribution is 6.39. The summed E-state index contributed by atoms with van der Waals surface area (Å²) in [4.78, 5) is 21.5. The molecule has 0 aromatic heterocycles. The van der Waals surface area contributed by atoms with Crippen molar-refractivity contribution in [1.82, 2.24) is 0 Å². The second-order valence-corrected chi connectivity index (χ2v) is 13.7. The van der Waals surface area contributed by atoms with Crippen LogP contribution in [0.3, 0.4) is 0 Å². The minimum Gasteiger partial charge on any atom is -0.388 e. The number of aliphatic imine (C=N–C) groups is 4. The minimum atomic E-state index is 0.829. The number of rotatable bonds is 8. The molecule has 0 unspecified atom stereocenters. The summed E-state index contributed by atoms with van der Waals surface area (Å²) in [5.41, 5.74) is 18.6. The summed E-state index contributed by atoms with van der Waals surface area (Å²) >= 11 is 0. The SMILES string of the molecule is CNc1ccc(C2=C3C=CC(=N3)C(c3ccc(NC)cc3)=C3C=CC(=N3)C(c3ccc(NC)cc3)=C3C=CC(=N3)C(c3ccc(NC)cc3)=C3C=CC2=N3)cc1. The maximum atomic E-state index is 5.39. The second-order valence-electron chi connectivity index (χ2n) is 13.7. The first-order valence-electron chi connectivity index (χ1n) is 18.7. The standard InChI is InChI=1S/C48H40N8/c1-49-33-13-5-29(6-14-33)45-37-21-23-39(53-37)46(30-7-15-34(50-2)16-8-30)41-25-27-43(55-41)48(32-11-19-36(52-4)20-12-32)44-28-26-42(56-44)47(40-24-22-38(45)54-40)31-9-17-35(51-3)18-10-31/h5-28,49-52H,1-4H3. The fourth-order valence-corrected chi connectivity index (χ4v) is 7.48. The molecule has 0 aliphatic carbocycles. The number of hydrogen-bond donors (Lipinski definition) is 4. The average molecular weight is 729 g/mol. The van der Waals surface area contributed by atoms with E-state index in [1.807, 2.05) is 28.2 Å². The van der Waals surface area contributed by atoms with Crippen LogP contribution in [0.2, 0.25) is 0 Å². The van der Waals surface area contributed by atoms with Crippen LogP contribution < -0.4 is 21.3 Å². The molecule has 4 aromatic rings. The zero-order valence-corrected chi connectivity index (χ0v) is 31.6. The van der Waals surface area contributed by atoms with Crippen LogP contribution in [0.5, 0.6) is 0 Å². The molecule has 5 aliphatic heterocycles.